The minimum atomic E-state index is -1.10. The van der Waals surface area contributed by atoms with E-state index < -0.39 is 5.41 Å². The maximum Gasteiger partial charge on any atom is 0.323 e. The van der Waals surface area contributed by atoms with Crippen LogP contribution in [0.3, 0.4) is 0 Å². The Morgan fingerprint density at radius 2 is 0.737 bits per heavy atom. The van der Waals surface area contributed by atoms with Gasteiger partial charge in [-0.3, -0.25) is 9.59 Å². The average molecular weight is 537 g/mol. The first-order chi connectivity index (χ1) is 18.7. The van der Waals surface area contributed by atoms with Crippen molar-refractivity contribution in [2.24, 2.45) is 5.41 Å². The van der Waals surface area contributed by atoms with Gasteiger partial charge in [0.25, 0.3) is 0 Å². The molecule has 0 aromatic carbocycles. The number of unbranched alkanes of at least 4 members (excludes halogenated alkanes) is 14. The third-order valence-electron chi connectivity index (χ3n) is 8.45. The molecule has 4 nitrogen and oxygen atoms in total. The highest BCUT2D eigenvalue weighted by atomic mass is 16.6. The summed E-state index contributed by atoms with van der Waals surface area (Å²) in [5, 5.41) is 0. The SMILES string of the molecule is CCCCCCCCCCOC(=O)C1(C(=O)OCCCCCCCCCC)CCCCCCCCCCC1. The van der Waals surface area contributed by atoms with Crippen molar-refractivity contribution in [2.45, 2.75) is 187 Å². The minimum Gasteiger partial charge on any atom is -0.465 e. The number of esters is 2. The summed E-state index contributed by atoms with van der Waals surface area (Å²) in [7, 11) is 0. The second-order valence-electron chi connectivity index (χ2n) is 12.0. The van der Waals surface area contributed by atoms with Crippen molar-refractivity contribution in [3.63, 3.8) is 0 Å². The van der Waals surface area contributed by atoms with Crippen LogP contribution in [0.2, 0.25) is 0 Å². The Bertz CT molecular complexity index is 511. The van der Waals surface area contributed by atoms with E-state index in [1.807, 2.05) is 0 Å². The van der Waals surface area contributed by atoms with Crippen molar-refractivity contribution in [1.82, 2.24) is 0 Å². The number of rotatable bonds is 20. The molecular formula is C34H64O4. The third-order valence-corrected chi connectivity index (χ3v) is 8.45. The summed E-state index contributed by atoms with van der Waals surface area (Å²) in [6, 6.07) is 0. The van der Waals surface area contributed by atoms with Gasteiger partial charge in [0.15, 0.2) is 5.41 Å². The molecule has 0 aromatic heterocycles. The molecule has 0 amide bonds. The zero-order valence-electron chi connectivity index (χ0n) is 25.6. The molecule has 0 aliphatic heterocycles. The first-order valence-electron chi connectivity index (χ1n) is 17.0. The molecule has 1 aliphatic rings. The van der Waals surface area contributed by atoms with Gasteiger partial charge in [0.05, 0.1) is 13.2 Å². The molecule has 0 bridgehead atoms. The Morgan fingerprint density at radius 3 is 1.08 bits per heavy atom. The summed E-state index contributed by atoms with van der Waals surface area (Å²) in [6.45, 7) is 5.35. The molecule has 0 atom stereocenters. The number of carbonyl (C=O) groups excluding carboxylic acids is 2. The van der Waals surface area contributed by atoms with Crippen molar-refractivity contribution in [2.75, 3.05) is 13.2 Å². The summed E-state index contributed by atoms with van der Waals surface area (Å²) in [5.74, 6) is -0.614. The van der Waals surface area contributed by atoms with Crippen LogP contribution < -0.4 is 0 Å². The van der Waals surface area contributed by atoms with Crippen molar-refractivity contribution in [1.29, 1.82) is 0 Å². The fourth-order valence-electron chi connectivity index (χ4n) is 5.79. The van der Waals surface area contributed by atoms with Gasteiger partial charge in [-0.2, -0.15) is 0 Å². The van der Waals surface area contributed by atoms with Crippen LogP contribution in [0.4, 0.5) is 0 Å². The number of ether oxygens (including phenoxy) is 2. The number of hydrogen-bond donors (Lipinski definition) is 0. The van der Waals surface area contributed by atoms with E-state index in [4.69, 9.17) is 9.47 Å². The van der Waals surface area contributed by atoms with E-state index in [-0.39, 0.29) is 11.9 Å². The Hall–Kier alpha value is -1.06. The van der Waals surface area contributed by atoms with Gasteiger partial charge in [0.1, 0.15) is 0 Å². The van der Waals surface area contributed by atoms with E-state index in [0.29, 0.717) is 26.1 Å². The van der Waals surface area contributed by atoms with Crippen molar-refractivity contribution < 1.29 is 19.1 Å². The van der Waals surface area contributed by atoms with Gasteiger partial charge in [-0.25, -0.2) is 0 Å². The predicted molar refractivity (Wildman–Crippen MR) is 160 cm³/mol. The Morgan fingerprint density at radius 1 is 0.447 bits per heavy atom. The van der Waals surface area contributed by atoms with E-state index in [9.17, 15) is 9.59 Å². The molecular weight excluding hydrogens is 472 g/mol. The van der Waals surface area contributed by atoms with Gasteiger partial charge in [0.2, 0.25) is 0 Å². The second kappa shape index (κ2) is 24.9. The van der Waals surface area contributed by atoms with E-state index in [1.54, 1.807) is 0 Å². The molecule has 0 radical (unpaired) electrons. The van der Waals surface area contributed by atoms with E-state index in [0.717, 1.165) is 51.4 Å². The summed E-state index contributed by atoms with van der Waals surface area (Å²) in [4.78, 5) is 27.0. The quantitative estimate of drug-likeness (QED) is 0.0882. The van der Waals surface area contributed by atoms with Crippen LogP contribution in [0.25, 0.3) is 0 Å². The lowest BCUT2D eigenvalue weighted by atomic mass is 9.77. The zero-order valence-corrected chi connectivity index (χ0v) is 25.6. The maximum atomic E-state index is 13.5. The smallest absolute Gasteiger partial charge is 0.323 e. The first kappa shape index (κ1) is 35.0. The highest BCUT2D eigenvalue weighted by molar-refractivity contribution is 6.00. The summed E-state index contributed by atoms with van der Waals surface area (Å²) >= 11 is 0. The summed E-state index contributed by atoms with van der Waals surface area (Å²) < 4.78 is 11.7. The summed E-state index contributed by atoms with van der Waals surface area (Å²) in [6.07, 6.45) is 30.7. The molecule has 1 rings (SSSR count). The first-order valence-corrected chi connectivity index (χ1v) is 17.0. The third kappa shape index (κ3) is 16.8. The molecule has 38 heavy (non-hydrogen) atoms. The van der Waals surface area contributed by atoms with Crippen LogP contribution in [-0.4, -0.2) is 25.2 Å². The average Bonchev–Trinajstić information content (AvgIpc) is 2.91. The van der Waals surface area contributed by atoms with Crippen molar-refractivity contribution in [3.8, 4) is 0 Å². The topological polar surface area (TPSA) is 52.6 Å². The van der Waals surface area contributed by atoms with Crippen LogP contribution >= 0.6 is 0 Å². The molecule has 1 saturated carbocycles. The lowest BCUT2D eigenvalue weighted by Gasteiger charge is -2.30. The fraction of sp³-hybridized carbons (Fsp3) is 0.941. The number of hydrogen-bond acceptors (Lipinski definition) is 4. The largest absolute Gasteiger partial charge is 0.465 e. The van der Waals surface area contributed by atoms with E-state index in [1.165, 1.54) is 109 Å². The minimum absolute atomic E-state index is 0.307. The lowest BCUT2D eigenvalue weighted by Crippen LogP contribution is -2.42. The van der Waals surface area contributed by atoms with Crippen LogP contribution in [-0.2, 0) is 19.1 Å². The lowest BCUT2D eigenvalue weighted by molar-refractivity contribution is -0.174. The van der Waals surface area contributed by atoms with Crippen molar-refractivity contribution in [3.05, 3.63) is 0 Å². The standard InChI is InChI=1S/C34H64O4/c1-3-5-7-9-11-18-22-26-30-37-32(35)34(28-24-20-16-14-13-15-17-21-25-29-34)33(36)38-31-27-23-19-12-10-8-6-4-2/h3-31H2,1-2H3. The number of carbonyl (C=O) groups is 2. The van der Waals surface area contributed by atoms with Crippen LogP contribution in [0.1, 0.15) is 187 Å². The zero-order chi connectivity index (χ0) is 27.6. The molecule has 0 unspecified atom stereocenters. The molecule has 0 aromatic rings. The van der Waals surface area contributed by atoms with Gasteiger partial charge in [0, 0.05) is 0 Å². The second-order valence-corrected chi connectivity index (χ2v) is 12.0. The monoisotopic (exact) mass is 536 g/mol. The molecule has 0 N–H and O–H groups in total. The molecule has 0 saturated heterocycles. The normalized spacial score (nSPS) is 16.8. The van der Waals surface area contributed by atoms with E-state index >= 15 is 0 Å². The van der Waals surface area contributed by atoms with Crippen molar-refractivity contribution >= 4 is 11.9 Å². The van der Waals surface area contributed by atoms with Gasteiger partial charge in [-0.1, -0.05) is 162 Å². The predicted octanol–water partition coefficient (Wildman–Crippen LogP) is 10.6. The Labute approximate surface area is 236 Å². The highest BCUT2D eigenvalue weighted by Crippen LogP contribution is 2.36. The summed E-state index contributed by atoms with van der Waals surface area (Å²) in [5.41, 5.74) is -1.10. The van der Waals surface area contributed by atoms with Gasteiger partial charge in [-0.15, -0.1) is 0 Å². The Balaban J connectivity index is 2.58. The van der Waals surface area contributed by atoms with Crippen LogP contribution in [0, 0.1) is 5.41 Å². The van der Waals surface area contributed by atoms with Crippen LogP contribution in [0.5, 0.6) is 0 Å². The van der Waals surface area contributed by atoms with Gasteiger partial charge >= 0.3 is 11.9 Å². The molecule has 0 spiro atoms. The fourth-order valence-corrected chi connectivity index (χ4v) is 5.79. The maximum absolute atomic E-state index is 13.5. The van der Waals surface area contributed by atoms with Gasteiger partial charge in [-0.05, 0) is 25.7 Å². The van der Waals surface area contributed by atoms with Crippen LogP contribution in [0.15, 0.2) is 0 Å². The molecule has 1 aliphatic carbocycles. The van der Waals surface area contributed by atoms with E-state index in [2.05, 4.69) is 13.8 Å². The Kier molecular flexibility index (Phi) is 23.0. The molecule has 1 fully saturated rings. The molecule has 0 heterocycles. The molecule has 224 valence electrons. The highest BCUT2D eigenvalue weighted by Gasteiger charge is 2.47. The molecule has 4 heteroatoms. The van der Waals surface area contributed by atoms with Gasteiger partial charge < -0.3 is 9.47 Å².